The van der Waals surface area contributed by atoms with Gasteiger partial charge in [0, 0.05) is 12.7 Å². The van der Waals surface area contributed by atoms with Crippen molar-refractivity contribution in [2.24, 2.45) is 0 Å². The summed E-state index contributed by atoms with van der Waals surface area (Å²) >= 11 is 0. The second-order valence-electron chi connectivity index (χ2n) is 5.72. The highest BCUT2D eigenvalue weighted by molar-refractivity contribution is 5.93. The van der Waals surface area contributed by atoms with Gasteiger partial charge in [-0.15, -0.1) is 0 Å². The molecule has 1 unspecified atom stereocenters. The van der Waals surface area contributed by atoms with Crippen LogP contribution in [0.2, 0.25) is 0 Å². The number of benzene rings is 1. The molecule has 1 atom stereocenters. The zero-order valence-corrected chi connectivity index (χ0v) is 12.7. The summed E-state index contributed by atoms with van der Waals surface area (Å²) < 4.78 is 0. The van der Waals surface area contributed by atoms with Gasteiger partial charge in [0.2, 0.25) is 0 Å². The zero-order valence-electron chi connectivity index (χ0n) is 12.7. The Labute approximate surface area is 130 Å². The van der Waals surface area contributed by atoms with E-state index in [-0.39, 0.29) is 11.9 Å². The number of amides is 1. The second kappa shape index (κ2) is 7.22. The molecule has 1 aromatic carbocycles. The minimum absolute atomic E-state index is 0.0771. The third-order valence-corrected chi connectivity index (χ3v) is 4.23. The van der Waals surface area contributed by atoms with Crippen molar-refractivity contribution in [3.8, 4) is 0 Å². The molecule has 2 N–H and O–H groups in total. The molecule has 0 radical (unpaired) electrons. The second-order valence-corrected chi connectivity index (χ2v) is 5.72. The molecule has 0 saturated carbocycles. The molecule has 2 heterocycles. The molecule has 116 valence electrons. The molecule has 5 heteroatoms. The van der Waals surface area contributed by atoms with Crippen molar-refractivity contribution < 1.29 is 4.79 Å². The van der Waals surface area contributed by atoms with E-state index in [0.717, 1.165) is 13.1 Å². The number of nitrogens with zero attached hydrogens (tertiary/aromatic N) is 2. The van der Waals surface area contributed by atoms with Gasteiger partial charge < -0.3 is 5.32 Å². The lowest BCUT2D eigenvalue weighted by Gasteiger charge is -2.35. The van der Waals surface area contributed by atoms with E-state index >= 15 is 0 Å². The largest absolute Gasteiger partial charge is 0.350 e. The van der Waals surface area contributed by atoms with Crippen molar-refractivity contribution in [3.63, 3.8) is 0 Å². The maximum absolute atomic E-state index is 12.1. The van der Waals surface area contributed by atoms with Gasteiger partial charge in [-0.2, -0.15) is 5.10 Å². The highest BCUT2D eigenvalue weighted by Crippen LogP contribution is 2.24. The fraction of sp³-hybridized carbons (Fsp3) is 0.412. The summed E-state index contributed by atoms with van der Waals surface area (Å²) in [7, 11) is 0. The predicted octanol–water partition coefficient (Wildman–Crippen LogP) is 2.37. The van der Waals surface area contributed by atoms with Crippen molar-refractivity contribution in [3.05, 3.63) is 53.9 Å². The van der Waals surface area contributed by atoms with Crippen LogP contribution in [0.1, 0.15) is 41.2 Å². The van der Waals surface area contributed by atoms with Crippen LogP contribution in [0, 0.1) is 0 Å². The molecule has 0 spiro atoms. The number of likely N-dealkylation sites (tertiary alicyclic amines) is 1. The predicted molar refractivity (Wildman–Crippen MR) is 85.5 cm³/mol. The number of aromatic amines is 1. The average Bonchev–Trinajstić information content (AvgIpc) is 3.11. The number of hydrogen-bond acceptors (Lipinski definition) is 3. The van der Waals surface area contributed by atoms with Gasteiger partial charge in [-0.25, -0.2) is 0 Å². The molecule has 1 amide bonds. The lowest BCUT2D eigenvalue weighted by Crippen LogP contribution is -2.40. The van der Waals surface area contributed by atoms with Crippen molar-refractivity contribution in [2.75, 3.05) is 19.6 Å². The van der Waals surface area contributed by atoms with Gasteiger partial charge in [0.25, 0.3) is 5.91 Å². The molecule has 1 aliphatic rings. The highest BCUT2D eigenvalue weighted by atomic mass is 16.1. The van der Waals surface area contributed by atoms with Crippen LogP contribution in [0.25, 0.3) is 0 Å². The van der Waals surface area contributed by atoms with Crippen molar-refractivity contribution in [1.29, 1.82) is 0 Å². The Morgan fingerprint density at radius 2 is 2.00 bits per heavy atom. The summed E-state index contributed by atoms with van der Waals surface area (Å²) in [6.45, 7) is 2.82. The monoisotopic (exact) mass is 298 g/mol. The van der Waals surface area contributed by atoms with E-state index in [1.807, 2.05) is 6.07 Å². The number of rotatable bonds is 5. The molecule has 1 fully saturated rings. The molecular weight excluding hydrogens is 276 g/mol. The van der Waals surface area contributed by atoms with Crippen LogP contribution in [0.4, 0.5) is 0 Å². The van der Waals surface area contributed by atoms with Gasteiger partial charge >= 0.3 is 0 Å². The molecule has 1 aromatic heterocycles. The first-order chi connectivity index (χ1) is 10.8. The van der Waals surface area contributed by atoms with Crippen LogP contribution in [0.5, 0.6) is 0 Å². The van der Waals surface area contributed by atoms with Crippen LogP contribution < -0.4 is 5.32 Å². The third-order valence-electron chi connectivity index (χ3n) is 4.23. The van der Waals surface area contributed by atoms with Crippen molar-refractivity contribution in [2.45, 2.75) is 25.3 Å². The maximum atomic E-state index is 12.1. The summed E-state index contributed by atoms with van der Waals surface area (Å²) in [5.74, 6) is -0.0771. The Balaban J connectivity index is 1.69. The van der Waals surface area contributed by atoms with Gasteiger partial charge in [-0.1, -0.05) is 36.8 Å². The summed E-state index contributed by atoms with van der Waals surface area (Å²) in [5.41, 5.74) is 1.84. The van der Waals surface area contributed by atoms with E-state index in [4.69, 9.17) is 0 Å². The van der Waals surface area contributed by atoms with Crippen LogP contribution in [0.3, 0.4) is 0 Å². The fourth-order valence-corrected chi connectivity index (χ4v) is 3.03. The SMILES string of the molecule is O=C(NCC(c1ccccc1)N1CCCCC1)c1cn[nH]c1. The summed E-state index contributed by atoms with van der Waals surface area (Å²) in [6.07, 6.45) is 6.94. The molecule has 1 aliphatic heterocycles. The highest BCUT2D eigenvalue weighted by Gasteiger charge is 2.22. The van der Waals surface area contributed by atoms with Crippen molar-refractivity contribution >= 4 is 5.91 Å². The van der Waals surface area contributed by atoms with Crippen LogP contribution >= 0.6 is 0 Å². The lowest BCUT2D eigenvalue weighted by molar-refractivity contribution is 0.0924. The molecule has 22 heavy (non-hydrogen) atoms. The number of carbonyl (C=O) groups is 1. The number of aromatic nitrogens is 2. The normalized spacial score (nSPS) is 17.1. The first kappa shape index (κ1) is 14.8. The summed E-state index contributed by atoms with van der Waals surface area (Å²) in [6, 6.07) is 10.7. The Hall–Kier alpha value is -2.14. The molecule has 0 aliphatic carbocycles. The van der Waals surface area contributed by atoms with Crippen LogP contribution in [-0.2, 0) is 0 Å². The molecule has 1 saturated heterocycles. The number of piperidine rings is 1. The first-order valence-corrected chi connectivity index (χ1v) is 7.90. The average molecular weight is 298 g/mol. The van der Waals surface area contributed by atoms with Gasteiger partial charge in [-0.05, 0) is 31.5 Å². The molecular formula is C17H22N4O. The molecule has 3 rings (SSSR count). The standard InChI is InChI=1S/C17H22N4O/c22-17(15-11-19-20-12-15)18-13-16(14-7-3-1-4-8-14)21-9-5-2-6-10-21/h1,3-4,7-8,11-12,16H,2,5-6,9-10,13H2,(H,18,22)(H,19,20). The van der Waals surface area contributed by atoms with E-state index in [2.05, 4.69) is 44.7 Å². The number of hydrogen-bond donors (Lipinski definition) is 2. The minimum atomic E-state index is -0.0771. The Bertz CT molecular complexity index is 576. The number of nitrogens with one attached hydrogen (secondary N) is 2. The molecule has 5 nitrogen and oxygen atoms in total. The Morgan fingerprint density at radius 1 is 1.23 bits per heavy atom. The van der Waals surface area contributed by atoms with E-state index < -0.39 is 0 Å². The summed E-state index contributed by atoms with van der Waals surface area (Å²) in [4.78, 5) is 14.6. The van der Waals surface area contributed by atoms with Crippen LogP contribution in [-0.4, -0.2) is 40.6 Å². The minimum Gasteiger partial charge on any atom is -0.350 e. The first-order valence-electron chi connectivity index (χ1n) is 7.90. The van der Waals surface area contributed by atoms with Crippen molar-refractivity contribution in [1.82, 2.24) is 20.4 Å². The topological polar surface area (TPSA) is 61.0 Å². The van der Waals surface area contributed by atoms with Gasteiger partial charge in [-0.3, -0.25) is 14.8 Å². The van der Waals surface area contributed by atoms with Gasteiger partial charge in [0.15, 0.2) is 0 Å². The zero-order chi connectivity index (χ0) is 15.2. The van der Waals surface area contributed by atoms with Crippen LogP contribution in [0.15, 0.2) is 42.7 Å². The fourth-order valence-electron chi connectivity index (χ4n) is 3.03. The lowest BCUT2D eigenvalue weighted by atomic mass is 10.0. The van der Waals surface area contributed by atoms with E-state index in [1.54, 1.807) is 12.4 Å². The number of carbonyl (C=O) groups excluding carboxylic acids is 1. The Kier molecular flexibility index (Phi) is 4.85. The molecule has 0 bridgehead atoms. The summed E-state index contributed by atoms with van der Waals surface area (Å²) in [5, 5.41) is 9.53. The smallest absolute Gasteiger partial charge is 0.254 e. The molecule has 2 aromatic rings. The van der Waals surface area contributed by atoms with Gasteiger partial charge in [0.1, 0.15) is 0 Å². The van der Waals surface area contributed by atoms with E-state index in [1.165, 1.54) is 24.8 Å². The quantitative estimate of drug-likeness (QED) is 0.891. The Morgan fingerprint density at radius 3 is 2.68 bits per heavy atom. The third kappa shape index (κ3) is 3.54. The van der Waals surface area contributed by atoms with E-state index in [0.29, 0.717) is 12.1 Å². The maximum Gasteiger partial charge on any atom is 0.254 e. The van der Waals surface area contributed by atoms with Gasteiger partial charge in [0.05, 0.1) is 17.8 Å². The number of H-pyrrole nitrogens is 1. The van der Waals surface area contributed by atoms with E-state index in [9.17, 15) is 4.79 Å².